The maximum absolute atomic E-state index is 12.0. The highest BCUT2D eigenvalue weighted by atomic mass is 28.4. The summed E-state index contributed by atoms with van der Waals surface area (Å²) >= 11 is 0. The molecule has 0 bridgehead atoms. The van der Waals surface area contributed by atoms with Gasteiger partial charge < -0.3 is 4.43 Å². The molecule has 1 aliphatic carbocycles. The molecule has 2 rings (SSSR count). The minimum atomic E-state index is -1.96. The summed E-state index contributed by atoms with van der Waals surface area (Å²) in [6.45, 7) is 13.0. The van der Waals surface area contributed by atoms with Crippen LogP contribution < -0.4 is 4.43 Å². The molecule has 0 N–H and O–H groups in total. The highest BCUT2D eigenvalue weighted by Gasteiger charge is 2.44. The normalized spacial score (nSPS) is 14.5. The van der Waals surface area contributed by atoms with E-state index in [-0.39, 0.29) is 5.78 Å². The molecular formula is C19H28O2Si. The zero-order valence-electron chi connectivity index (χ0n) is 14.3. The summed E-state index contributed by atoms with van der Waals surface area (Å²) in [7, 11) is -1.96. The van der Waals surface area contributed by atoms with Crippen molar-refractivity contribution in [2.45, 2.75) is 64.1 Å². The van der Waals surface area contributed by atoms with Crippen molar-refractivity contribution in [3.05, 3.63) is 42.0 Å². The summed E-state index contributed by atoms with van der Waals surface area (Å²) in [5, 5.41) is 0. The van der Waals surface area contributed by atoms with E-state index < -0.39 is 8.32 Å². The monoisotopic (exact) mass is 316 g/mol. The molecule has 0 amide bonds. The summed E-state index contributed by atoms with van der Waals surface area (Å²) in [6, 6.07) is 7.04. The van der Waals surface area contributed by atoms with Gasteiger partial charge in [-0.25, -0.2) is 0 Å². The Morgan fingerprint density at radius 2 is 1.91 bits per heavy atom. The van der Waals surface area contributed by atoms with Crippen molar-refractivity contribution in [3.63, 3.8) is 0 Å². The summed E-state index contributed by atoms with van der Waals surface area (Å²) in [4.78, 5) is 12.0. The Hall–Kier alpha value is -1.35. The molecule has 0 radical (unpaired) electrons. The van der Waals surface area contributed by atoms with E-state index in [1.54, 1.807) is 0 Å². The molecule has 120 valence electrons. The maximum atomic E-state index is 12.0. The van der Waals surface area contributed by atoms with Crippen molar-refractivity contribution in [1.29, 1.82) is 0 Å². The van der Waals surface area contributed by atoms with E-state index in [1.165, 1.54) is 0 Å². The molecule has 0 aliphatic heterocycles. The highest BCUT2D eigenvalue weighted by Crippen LogP contribution is 2.41. The lowest BCUT2D eigenvalue weighted by molar-refractivity contribution is 0.0994. The Morgan fingerprint density at radius 1 is 1.23 bits per heavy atom. The molecule has 22 heavy (non-hydrogen) atoms. The van der Waals surface area contributed by atoms with Crippen LogP contribution in [0.5, 0.6) is 5.75 Å². The smallest absolute Gasteiger partial charge is 0.256 e. The Kier molecular flexibility index (Phi) is 5.27. The van der Waals surface area contributed by atoms with E-state index in [0.29, 0.717) is 17.5 Å². The highest BCUT2D eigenvalue weighted by molar-refractivity contribution is 6.77. The van der Waals surface area contributed by atoms with E-state index in [4.69, 9.17) is 4.43 Å². The Bertz CT molecular complexity index is 553. The largest absolute Gasteiger partial charge is 0.543 e. The standard InChI is InChI=1S/C19H28O2Si/c1-6-7-13-22(14(2)3,15(4)5)21-19-10-8-9-16-17(19)11-12-18(16)20/h6,8-10,14-15H,1,7,11-13H2,2-5H3. The number of carbonyl (C=O) groups is 1. The average Bonchev–Trinajstić information content (AvgIpc) is 2.85. The number of ketones is 1. The third-order valence-electron chi connectivity index (χ3n) is 5.03. The predicted molar refractivity (Wildman–Crippen MR) is 95.3 cm³/mol. The van der Waals surface area contributed by atoms with Crippen molar-refractivity contribution in [3.8, 4) is 5.75 Å². The zero-order chi connectivity index (χ0) is 16.3. The summed E-state index contributed by atoms with van der Waals surface area (Å²) in [5.41, 5.74) is 3.06. The van der Waals surface area contributed by atoms with Crippen LogP contribution in [0.3, 0.4) is 0 Å². The fraction of sp³-hybridized carbons (Fsp3) is 0.526. The fourth-order valence-electron chi connectivity index (χ4n) is 3.62. The molecule has 0 aromatic heterocycles. The number of hydrogen-bond acceptors (Lipinski definition) is 2. The molecule has 1 aliphatic rings. The predicted octanol–water partition coefficient (Wildman–Crippen LogP) is 5.54. The SMILES string of the molecule is C=CCC[Si](Oc1cccc2c1CCC2=O)(C(C)C)C(C)C. The lowest BCUT2D eigenvalue weighted by Gasteiger charge is -2.39. The molecule has 0 heterocycles. The summed E-state index contributed by atoms with van der Waals surface area (Å²) < 4.78 is 6.76. The lowest BCUT2D eigenvalue weighted by atomic mass is 10.1. The number of Topliss-reactive ketones (excluding diaryl/α,β-unsaturated/α-hetero) is 1. The van der Waals surface area contributed by atoms with E-state index >= 15 is 0 Å². The number of fused-ring (bicyclic) bond motifs is 1. The minimum absolute atomic E-state index is 0.257. The number of hydrogen-bond donors (Lipinski definition) is 0. The van der Waals surface area contributed by atoms with Crippen LogP contribution in [-0.2, 0) is 6.42 Å². The van der Waals surface area contributed by atoms with E-state index in [9.17, 15) is 4.79 Å². The molecule has 0 saturated heterocycles. The molecule has 0 spiro atoms. The van der Waals surface area contributed by atoms with Crippen LogP contribution in [0.15, 0.2) is 30.9 Å². The van der Waals surface area contributed by atoms with E-state index in [2.05, 4.69) is 40.3 Å². The van der Waals surface area contributed by atoms with Gasteiger partial charge in [-0.2, -0.15) is 0 Å². The molecule has 3 heteroatoms. The Balaban J connectivity index is 2.39. The fourth-order valence-corrected chi connectivity index (χ4v) is 7.93. The van der Waals surface area contributed by atoms with Crippen LogP contribution in [0.4, 0.5) is 0 Å². The quantitative estimate of drug-likeness (QED) is 0.488. The first-order valence-electron chi connectivity index (χ1n) is 8.37. The third-order valence-corrected chi connectivity index (χ3v) is 10.6. The van der Waals surface area contributed by atoms with Gasteiger partial charge in [0.25, 0.3) is 8.32 Å². The maximum Gasteiger partial charge on any atom is 0.256 e. The van der Waals surface area contributed by atoms with Crippen molar-refractivity contribution in [1.82, 2.24) is 0 Å². The van der Waals surface area contributed by atoms with Crippen molar-refractivity contribution >= 4 is 14.1 Å². The molecule has 1 aromatic rings. The molecule has 0 atom stereocenters. The van der Waals surface area contributed by atoms with E-state index in [1.807, 2.05) is 18.2 Å². The first-order chi connectivity index (χ1) is 10.4. The molecule has 0 fully saturated rings. The first-order valence-corrected chi connectivity index (χ1v) is 10.6. The number of benzene rings is 1. The third kappa shape index (κ3) is 3.05. The van der Waals surface area contributed by atoms with Crippen LogP contribution in [0.25, 0.3) is 0 Å². The van der Waals surface area contributed by atoms with Crippen LogP contribution >= 0.6 is 0 Å². The van der Waals surface area contributed by atoms with Crippen LogP contribution in [0.1, 0.15) is 56.5 Å². The Labute approximate surface area is 135 Å². The second kappa shape index (κ2) is 6.82. The van der Waals surface area contributed by atoms with Gasteiger partial charge in [-0.1, -0.05) is 45.9 Å². The molecule has 0 saturated carbocycles. The van der Waals surface area contributed by atoms with Crippen molar-refractivity contribution in [2.75, 3.05) is 0 Å². The molecule has 0 unspecified atom stereocenters. The summed E-state index contributed by atoms with van der Waals surface area (Å²) in [5.74, 6) is 1.22. The first kappa shape index (κ1) is 17.0. The second-order valence-corrected chi connectivity index (χ2v) is 11.8. The molecule has 1 aromatic carbocycles. The second-order valence-electron chi connectivity index (χ2n) is 6.90. The molecule has 2 nitrogen and oxygen atoms in total. The van der Waals surface area contributed by atoms with Gasteiger partial charge in [0.05, 0.1) is 0 Å². The number of rotatable bonds is 7. The van der Waals surface area contributed by atoms with Crippen molar-refractivity contribution < 1.29 is 9.22 Å². The van der Waals surface area contributed by atoms with Crippen LogP contribution in [-0.4, -0.2) is 14.1 Å². The Morgan fingerprint density at radius 3 is 2.50 bits per heavy atom. The van der Waals surface area contributed by atoms with Crippen molar-refractivity contribution in [2.24, 2.45) is 0 Å². The van der Waals surface area contributed by atoms with Crippen LogP contribution in [0, 0.1) is 0 Å². The van der Waals surface area contributed by atoms with Gasteiger partial charge in [-0.05, 0) is 36.0 Å². The van der Waals surface area contributed by atoms with Gasteiger partial charge in [0, 0.05) is 17.5 Å². The number of allylic oxidation sites excluding steroid dienone is 1. The van der Waals surface area contributed by atoms with Gasteiger partial charge in [0.2, 0.25) is 0 Å². The number of carbonyl (C=O) groups excluding carboxylic acids is 1. The average molecular weight is 317 g/mol. The van der Waals surface area contributed by atoms with Gasteiger partial charge in [0.15, 0.2) is 5.78 Å². The van der Waals surface area contributed by atoms with Gasteiger partial charge in [-0.15, -0.1) is 6.58 Å². The van der Waals surface area contributed by atoms with Gasteiger partial charge in [0.1, 0.15) is 5.75 Å². The topological polar surface area (TPSA) is 26.3 Å². The summed E-state index contributed by atoms with van der Waals surface area (Å²) in [6.07, 6.45) is 4.44. The van der Waals surface area contributed by atoms with E-state index in [0.717, 1.165) is 35.8 Å². The zero-order valence-corrected chi connectivity index (χ0v) is 15.3. The van der Waals surface area contributed by atoms with Crippen LogP contribution in [0.2, 0.25) is 17.1 Å². The minimum Gasteiger partial charge on any atom is -0.543 e. The van der Waals surface area contributed by atoms with Gasteiger partial charge in [-0.3, -0.25) is 4.79 Å². The molecular weight excluding hydrogens is 288 g/mol. The van der Waals surface area contributed by atoms with Gasteiger partial charge >= 0.3 is 0 Å². The lowest BCUT2D eigenvalue weighted by Crippen LogP contribution is -2.48.